The molecule has 2 N–H and O–H groups in total. The minimum absolute atomic E-state index is 0.00528. The molecule has 2 aliphatic carbocycles. The molecule has 2 aliphatic rings. The molecular weight excluding hydrogens is 512 g/mol. The van der Waals surface area contributed by atoms with E-state index >= 15 is 0 Å². The highest BCUT2D eigenvalue weighted by atomic mass is 16.3. The normalized spacial score (nSPS) is 26.6. The van der Waals surface area contributed by atoms with E-state index in [-0.39, 0.29) is 23.0 Å². The largest absolute Gasteiger partial charge is 0.393 e. The van der Waals surface area contributed by atoms with Crippen molar-refractivity contribution in [2.75, 3.05) is 0 Å². The van der Waals surface area contributed by atoms with Crippen molar-refractivity contribution in [3.05, 3.63) is 130 Å². The standard InChI is InChI=1S/C40H56O2/c1-29(17-13-19-31(3)21-23-37-33(5)25-35(41)27-39(37,7)8)15-11-12-16-30(2)18-14-20-32(4)22-24-38-34(6)26-36(42)28-40(38,9)10/h11-25,35-37,41-42H,26-28H2,1-10H3/b12-11+,17-13?,18-14+,23-21?,24-22?,29-15?,30-16+,31-19?,32-20?/t35?,36-,37-/m1/s1. The van der Waals surface area contributed by atoms with Gasteiger partial charge in [0.1, 0.15) is 0 Å². The number of hydrogen-bond acceptors (Lipinski definition) is 2. The number of rotatable bonds is 10. The molecule has 42 heavy (non-hydrogen) atoms. The van der Waals surface area contributed by atoms with Crippen LogP contribution in [0.1, 0.15) is 88.5 Å². The van der Waals surface area contributed by atoms with Crippen molar-refractivity contribution in [1.29, 1.82) is 0 Å². The zero-order valence-electron chi connectivity index (χ0n) is 27.9. The monoisotopic (exact) mass is 568 g/mol. The fourth-order valence-corrected chi connectivity index (χ4v) is 6.14. The summed E-state index contributed by atoms with van der Waals surface area (Å²) in [6.07, 6.45) is 33.8. The topological polar surface area (TPSA) is 40.5 Å². The Morgan fingerprint density at radius 2 is 1.21 bits per heavy atom. The summed E-state index contributed by atoms with van der Waals surface area (Å²) >= 11 is 0. The fourth-order valence-electron chi connectivity index (χ4n) is 6.14. The summed E-state index contributed by atoms with van der Waals surface area (Å²) in [6, 6.07) is 0. The number of allylic oxidation sites excluding steroid dienone is 20. The molecule has 0 aromatic rings. The van der Waals surface area contributed by atoms with Crippen LogP contribution in [0.5, 0.6) is 0 Å². The quantitative estimate of drug-likeness (QED) is 0.203. The maximum absolute atomic E-state index is 10.1. The van der Waals surface area contributed by atoms with Gasteiger partial charge in [-0.05, 0) is 77.2 Å². The second-order valence-electron chi connectivity index (χ2n) is 13.7. The Kier molecular flexibility index (Phi) is 13.5. The van der Waals surface area contributed by atoms with Gasteiger partial charge in [-0.25, -0.2) is 0 Å². The average molecular weight is 569 g/mol. The highest BCUT2D eigenvalue weighted by molar-refractivity contribution is 5.38. The van der Waals surface area contributed by atoms with Crippen molar-refractivity contribution in [2.24, 2.45) is 16.7 Å². The molecule has 2 rings (SSSR count). The van der Waals surface area contributed by atoms with Crippen LogP contribution in [0.3, 0.4) is 0 Å². The lowest BCUT2D eigenvalue weighted by molar-refractivity contribution is 0.116. The Bertz CT molecular complexity index is 1270. The van der Waals surface area contributed by atoms with E-state index in [1.54, 1.807) is 0 Å². The molecule has 0 aromatic heterocycles. The van der Waals surface area contributed by atoms with Crippen molar-refractivity contribution >= 4 is 0 Å². The van der Waals surface area contributed by atoms with Crippen LogP contribution in [0.15, 0.2) is 130 Å². The van der Waals surface area contributed by atoms with E-state index in [0.29, 0.717) is 5.92 Å². The van der Waals surface area contributed by atoms with Crippen LogP contribution in [-0.4, -0.2) is 22.4 Å². The van der Waals surface area contributed by atoms with Crippen LogP contribution < -0.4 is 0 Å². The Balaban J connectivity index is 1.90. The van der Waals surface area contributed by atoms with Gasteiger partial charge in [0.2, 0.25) is 0 Å². The molecule has 0 radical (unpaired) electrons. The average Bonchev–Trinajstić information content (AvgIpc) is 2.84. The first-order valence-electron chi connectivity index (χ1n) is 15.4. The van der Waals surface area contributed by atoms with Crippen molar-refractivity contribution in [2.45, 2.75) is 101 Å². The number of aliphatic hydroxyl groups excluding tert-OH is 2. The lowest BCUT2D eigenvalue weighted by Crippen LogP contribution is -2.32. The molecule has 2 nitrogen and oxygen atoms in total. The molecule has 0 saturated carbocycles. The van der Waals surface area contributed by atoms with E-state index in [9.17, 15) is 10.2 Å². The first-order valence-corrected chi connectivity index (χ1v) is 15.4. The molecule has 0 aliphatic heterocycles. The van der Waals surface area contributed by atoms with E-state index in [4.69, 9.17) is 0 Å². The minimum Gasteiger partial charge on any atom is -0.393 e. The smallest absolute Gasteiger partial charge is 0.0729 e. The van der Waals surface area contributed by atoms with Crippen molar-refractivity contribution in [3.63, 3.8) is 0 Å². The third kappa shape index (κ3) is 11.7. The van der Waals surface area contributed by atoms with Crippen LogP contribution in [0.4, 0.5) is 0 Å². The van der Waals surface area contributed by atoms with Gasteiger partial charge in [-0.2, -0.15) is 0 Å². The van der Waals surface area contributed by atoms with E-state index in [0.717, 1.165) is 19.3 Å². The molecule has 228 valence electrons. The van der Waals surface area contributed by atoms with Gasteiger partial charge >= 0.3 is 0 Å². The zero-order chi connectivity index (χ0) is 31.5. The van der Waals surface area contributed by atoms with E-state index in [1.807, 2.05) is 6.08 Å². The summed E-state index contributed by atoms with van der Waals surface area (Å²) < 4.78 is 0. The van der Waals surface area contributed by atoms with Crippen molar-refractivity contribution in [1.82, 2.24) is 0 Å². The lowest BCUT2D eigenvalue weighted by atomic mass is 9.67. The summed E-state index contributed by atoms with van der Waals surface area (Å²) in [6.45, 7) is 21.6. The second kappa shape index (κ2) is 16.1. The Labute approximate surface area is 257 Å². The molecule has 0 amide bonds. The van der Waals surface area contributed by atoms with Gasteiger partial charge in [-0.1, -0.05) is 152 Å². The molecule has 0 bridgehead atoms. The highest BCUT2D eigenvalue weighted by Crippen LogP contribution is 2.42. The summed E-state index contributed by atoms with van der Waals surface area (Å²) in [4.78, 5) is 0. The maximum atomic E-state index is 10.1. The Morgan fingerprint density at radius 3 is 1.74 bits per heavy atom. The molecule has 0 fully saturated rings. The van der Waals surface area contributed by atoms with Crippen LogP contribution >= 0.6 is 0 Å². The van der Waals surface area contributed by atoms with Gasteiger partial charge in [0.15, 0.2) is 0 Å². The molecular formula is C40H56O2. The summed E-state index contributed by atoms with van der Waals surface area (Å²) in [5.41, 5.74) is 8.73. The molecule has 3 atom stereocenters. The molecule has 0 saturated heterocycles. The molecule has 0 heterocycles. The van der Waals surface area contributed by atoms with Gasteiger partial charge in [-0.3, -0.25) is 0 Å². The third-order valence-corrected chi connectivity index (χ3v) is 8.33. The molecule has 0 aromatic carbocycles. The summed E-state index contributed by atoms with van der Waals surface area (Å²) in [7, 11) is 0. The SMILES string of the molecule is CC(C=C[C@@H]1C(C)=CC(O)CC1(C)C)=CC=CC(C)=C/C=C/C=C(C)/C=C/C=C(C)C=CC1=C(C)C[C@@H](O)CC1(C)C. The van der Waals surface area contributed by atoms with Gasteiger partial charge in [-0.15, -0.1) is 0 Å². The maximum Gasteiger partial charge on any atom is 0.0729 e. The highest BCUT2D eigenvalue weighted by Gasteiger charge is 2.34. The van der Waals surface area contributed by atoms with Crippen LogP contribution in [0, 0.1) is 16.7 Å². The van der Waals surface area contributed by atoms with Crippen molar-refractivity contribution < 1.29 is 10.2 Å². The zero-order valence-corrected chi connectivity index (χ0v) is 27.9. The molecule has 0 spiro atoms. The molecule has 1 unspecified atom stereocenters. The predicted octanol–water partition coefficient (Wildman–Crippen LogP) is 10.4. The first kappa shape index (κ1) is 35.3. The van der Waals surface area contributed by atoms with Crippen LogP contribution in [-0.2, 0) is 0 Å². The summed E-state index contributed by atoms with van der Waals surface area (Å²) in [5.74, 6) is 0.348. The van der Waals surface area contributed by atoms with Gasteiger partial charge in [0, 0.05) is 5.92 Å². The van der Waals surface area contributed by atoms with E-state index in [1.165, 1.54) is 39.0 Å². The summed E-state index contributed by atoms with van der Waals surface area (Å²) in [5, 5.41) is 20.2. The van der Waals surface area contributed by atoms with Gasteiger partial charge in [0.05, 0.1) is 12.2 Å². The predicted molar refractivity (Wildman–Crippen MR) is 184 cm³/mol. The van der Waals surface area contributed by atoms with E-state index in [2.05, 4.69) is 154 Å². The van der Waals surface area contributed by atoms with Gasteiger partial charge < -0.3 is 10.2 Å². The molecule has 2 heteroatoms. The fraction of sp³-hybridized carbons (Fsp3) is 0.450. The minimum atomic E-state index is -0.331. The van der Waals surface area contributed by atoms with E-state index < -0.39 is 0 Å². The Morgan fingerprint density at radius 1 is 0.714 bits per heavy atom. The second-order valence-corrected chi connectivity index (χ2v) is 13.7. The van der Waals surface area contributed by atoms with Crippen molar-refractivity contribution in [3.8, 4) is 0 Å². The van der Waals surface area contributed by atoms with Crippen LogP contribution in [0.25, 0.3) is 0 Å². The number of hydrogen-bond donors (Lipinski definition) is 2. The lowest BCUT2D eigenvalue weighted by Gasteiger charge is -2.38. The first-order chi connectivity index (χ1) is 19.6. The third-order valence-electron chi connectivity index (χ3n) is 8.33. The van der Waals surface area contributed by atoms with Gasteiger partial charge in [0.25, 0.3) is 0 Å². The number of aliphatic hydroxyl groups is 2. The Hall–Kier alpha value is -2.94. The van der Waals surface area contributed by atoms with Crippen LogP contribution in [0.2, 0.25) is 0 Å².